The molecule has 1 aromatic rings. The molecule has 1 unspecified atom stereocenters. The summed E-state index contributed by atoms with van der Waals surface area (Å²) in [4.78, 5) is 1.50. The van der Waals surface area contributed by atoms with Crippen LogP contribution in [0.5, 0.6) is 0 Å². The van der Waals surface area contributed by atoms with Gasteiger partial charge in [0.1, 0.15) is 0 Å². The van der Waals surface area contributed by atoms with Gasteiger partial charge >= 0.3 is 0 Å². The number of rotatable bonds is 3. The van der Waals surface area contributed by atoms with Gasteiger partial charge in [-0.05, 0) is 55.2 Å². The van der Waals surface area contributed by atoms with E-state index in [0.29, 0.717) is 5.41 Å². The summed E-state index contributed by atoms with van der Waals surface area (Å²) in [6, 6.07) is 8.90. The number of benzene rings is 1. The van der Waals surface area contributed by atoms with E-state index >= 15 is 0 Å². The summed E-state index contributed by atoms with van der Waals surface area (Å²) >= 11 is 2.09. The molecular weight excluding hydrogens is 250 g/mol. The van der Waals surface area contributed by atoms with Gasteiger partial charge in [-0.2, -0.15) is 0 Å². The van der Waals surface area contributed by atoms with Gasteiger partial charge in [0.15, 0.2) is 0 Å². The van der Waals surface area contributed by atoms with Gasteiger partial charge in [-0.15, -0.1) is 11.8 Å². The van der Waals surface area contributed by atoms with Crippen LogP contribution in [0.4, 0.5) is 0 Å². The van der Waals surface area contributed by atoms with Gasteiger partial charge in [-0.1, -0.05) is 38.0 Å². The van der Waals surface area contributed by atoms with Crippen LogP contribution >= 0.6 is 11.8 Å². The van der Waals surface area contributed by atoms with Crippen molar-refractivity contribution in [2.24, 2.45) is 17.1 Å². The normalized spacial score (nSPS) is 34.2. The SMILES string of the molecule is CC1CCC(CN)(CC2Cc3ccccc3S2)CC1. The van der Waals surface area contributed by atoms with Crippen molar-refractivity contribution in [1.82, 2.24) is 0 Å². The quantitative estimate of drug-likeness (QED) is 0.892. The topological polar surface area (TPSA) is 26.0 Å². The highest BCUT2D eigenvalue weighted by molar-refractivity contribution is 8.00. The Morgan fingerprint density at radius 1 is 1.26 bits per heavy atom. The summed E-state index contributed by atoms with van der Waals surface area (Å²) in [7, 11) is 0. The van der Waals surface area contributed by atoms with Crippen molar-refractivity contribution >= 4 is 11.8 Å². The lowest BCUT2D eigenvalue weighted by Gasteiger charge is -2.40. The molecule has 1 saturated carbocycles. The largest absolute Gasteiger partial charge is 0.330 e. The molecule has 1 aromatic carbocycles. The maximum Gasteiger partial charge on any atom is 0.0141 e. The van der Waals surface area contributed by atoms with Crippen molar-refractivity contribution in [3.8, 4) is 0 Å². The number of hydrogen-bond acceptors (Lipinski definition) is 2. The maximum absolute atomic E-state index is 6.16. The molecule has 3 rings (SSSR count). The summed E-state index contributed by atoms with van der Waals surface area (Å²) < 4.78 is 0. The zero-order valence-corrected chi connectivity index (χ0v) is 12.7. The van der Waals surface area contributed by atoms with Crippen molar-refractivity contribution < 1.29 is 0 Å². The van der Waals surface area contributed by atoms with Crippen LogP contribution in [0.2, 0.25) is 0 Å². The lowest BCUT2D eigenvalue weighted by atomic mass is 9.68. The van der Waals surface area contributed by atoms with Gasteiger partial charge in [0.2, 0.25) is 0 Å². The number of hydrogen-bond donors (Lipinski definition) is 1. The highest BCUT2D eigenvalue weighted by atomic mass is 32.2. The minimum Gasteiger partial charge on any atom is -0.330 e. The fraction of sp³-hybridized carbons (Fsp3) is 0.647. The van der Waals surface area contributed by atoms with Gasteiger partial charge in [-0.25, -0.2) is 0 Å². The van der Waals surface area contributed by atoms with Gasteiger partial charge in [0.05, 0.1) is 0 Å². The van der Waals surface area contributed by atoms with Crippen molar-refractivity contribution in [2.75, 3.05) is 6.54 Å². The van der Waals surface area contributed by atoms with E-state index < -0.39 is 0 Å². The monoisotopic (exact) mass is 275 g/mol. The molecule has 0 amide bonds. The zero-order chi connectivity index (χ0) is 13.3. The molecule has 1 heterocycles. The smallest absolute Gasteiger partial charge is 0.0141 e. The highest BCUT2D eigenvalue weighted by Crippen LogP contribution is 2.47. The summed E-state index contributed by atoms with van der Waals surface area (Å²) in [5, 5.41) is 0.759. The molecule has 0 saturated heterocycles. The Morgan fingerprint density at radius 2 is 2.00 bits per heavy atom. The lowest BCUT2D eigenvalue weighted by molar-refractivity contribution is 0.150. The first-order valence-corrected chi connectivity index (χ1v) is 8.53. The molecule has 0 radical (unpaired) electrons. The number of nitrogens with two attached hydrogens (primary N) is 1. The molecule has 1 aliphatic heterocycles. The first-order chi connectivity index (χ1) is 9.21. The Kier molecular flexibility index (Phi) is 3.91. The zero-order valence-electron chi connectivity index (χ0n) is 11.9. The minimum atomic E-state index is 0.437. The first kappa shape index (κ1) is 13.5. The van der Waals surface area contributed by atoms with Crippen LogP contribution in [0.25, 0.3) is 0 Å². The third-order valence-electron chi connectivity index (χ3n) is 5.14. The van der Waals surface area contributed by atoms with E-state index in [1.54, 1.807) is 5.56 Å². The molecular formula is C17H25NS. The Morgan fingerprint density at radius 3 is 2.68 bits per heavy atom. The van der Waals surface area contributed by atoms with Crippen LogP contribution in [0.3, 0.4) is 0 Å². The lowest BCUT2D eigenvalue weighted by Crippen LogP contribution is -2.37. The Labute approximate surface area is 121 Å². The van der Waals surface area contributed by atoms with Crippen molar-refractivity contribution in [1.29, 1.82) is 0 Å². The predicted molar refractivity (Wildman–Crippen MR) is 83.5 cm³/mol. The van der Waals surface area contributed by atoms with E-state index in [4.69, 9.17) is 5.73 Å². The Bertz CT molecular complexity index is 410. The maximum atomic E-state index is 6.16. The van der Waals surface area contributed by atoms with Crippen molar-refractivity contribution in [3.05, 3.63) is 29.8 Å². The van der Waals surface area contributed by atoms with Gasteiger partial charge in [0, 0.05) is 10.1 Å². The molecule has 1 aliphatic carbocycles. The summed E-state index contributed by atoms with van der Waals surface area (Å²) in [5.74, 6) is 0.910. The third kappa shape index (κ3) is 2.85. The molecule has 104 valence electrons. The molecule has 0 spiro atoms. The van der Waals surface area contributed by atoms with Crippen LogP contribution in [-0.4, -0.2) is 11.8 Å². The standard InChI is InChI=1S/C17H25NS/c1-13-6-8-17(12-18,9-7-13)11-15-10-14-4-2-3-5-16(14)19-15/h2-5,13,15H,6-12,18H2,1H3. The van der Waals surface area contributed by atoms with Gasteiger partial charge < -0.3 is 5.73 Å². The van der Waals surface area contributed by atoms with Crippen LogP contribution < -0.4 is 5.73 Å². The molecule has 19 heavy (non-hydrogen) atoms. The second-order valence-corrected chi connectivity index (χ2v) is 7.98. The molecule has 2 aliphatic rings. The van der Waals surface area contributed by atoms with E-state index in [-0.39, 0.29) is 0 Å². The second-order valence-electron chi connectivity index (χ2n) is 6.64. The molecule has 1 nitrogen and oxygen atoms in total. The Balaban J connectivity index is 1.66. The van der Waals surface area contributed by atoms with E-state index in [1.807, 2.05) is 0 Å². The Hall–Kier alpha value is -0.470. The summed E-state index contributed by atoms with van der Waals surface area (Å²) in [6.07, 6.45) is 8.01. The fourth-order valence-corrected chi connectivity index (χ4v) is 5.24. The van der Waals surface area contributed by atoms with Gasteiger partial charge in [0.25, 0.3) is 0 Å². The average Bonchev–Trinajstić information content (AvgIpc) is 2.83. The molecule has 0 aromatic heterocycles. The molecule has 2 heteroatoms. The van der Waals surface area contributed by atoms with Gasteiger partial charge in [-0.3, -0.25) is 0 Å². The minimum absolute atomic E-state index is 0.437. The van der Waals surface area contributed by atoms with E-state index in [2.05, 4.69) is 43.0 Å². The van der Waals surface area contributed by atoms with E-state index in [9.17, 15) is 0 Å². The van der Waals surface area contributed by atoms with Crippen LogP contribution in [0.1, 0.15) is 44.6 Å². The van der Waals surface area contributed by atoms with Crippen molar-refractivity contribution in [2.45, 2.75) is 55.6 Å². The molecule has 1 fully saturated rings. The van der Waals surface area contributed by atoms with Crippen molar-refractivity contribution in [3.63, 3.8) is 0 Å². The predicted octanol–water partition coefficient (Wildman–Crippen LogP) is 4.25. The van der Waals surface area contributed by atoms with E-state index in [1.165, 1.54) is 43.4 Å². The molecule has 0 bridgehead atoms. The average molecular weight is 275 g/mol. The third-order valence-corrected chi connectivity index (χ3v) is 6.46. The van der Waals surface area contributed by atoms with Crippen LogP contribution in [0.15, 0.2) is 29.2 Å². The van der Waals surface area contributed by atoms with Crippen LogP contribution in [-0.2, 0) is 6.42 Å². The fourth-order valence-electron chi connectivity index (χ4n) is 3.72. The van der Waals surface area contributed by atoms with Crippen LogP contribution in [0, 0.1) is 11.3 Å². The summed E-state index contributed by atoms with van der Waals surface area (Å²) in [6.45, 7) is 3.27. The number of fused-ring (bicyclic) bond motifs is 1. The first-order valence-electron chi connectivity index (χ1n) is 7.65. The molecule has 1 atom stereocenters. The second kappa shape index (κ2) is 5.49. The highest BCUT2D eigenvalue weighted by Gasteiger charge is 2.37. The summed E-state index contributed by atoms with van der Waals surface area (Å²) in [5.41, 5.74) is 8.14. The van der Waals surface area contributed by atoms with E-state index in [0.717, 1.165) is 17.7 Å². The molecule has 2 N–H and O–H groups in total. The number of thioether (sulfide) groups is 1.